The lowest BCUT2D eigenvalue weighted by Gasteiger charge is -2.32. The predicted octanol–water partition coefficient (Wildman–Crippen LogP) is 4.21. The zero-order chi connectivity index (χ0) is 20.5. The van der Waals surface area contributed by atoms with Gasteiger partial charge in [0.25, 0.3) is 0 Å². The van der Waals surface area contributed by atoms with E-state index in [1.807, 2.05) is 18.3 Å². The summed E-state index contributed by atoms with van der Waals surface area (Å²) in [5, 5.41) is 9.58. The van der Waals surface area contributed by atoms with Crippen LogP contribution in [0.25, 0.3) is 0 Å². The van der Waals surface area contributed by atoms with Gasteiger partial charge < -0.3 is 10.6 Å². The summed E-state index contributed by atoms with van der Waals surface area (Å²) in [6.45, 7) is 9.38. The van der Waals surface area contributed by atoms with Gasteiger partial charge >= 0.3 is 0 Å². The third kappa shape index (κ3) is 8.39. The quantitative estimate of drug-likeness (QED) is 0.281. The van der Waals surface area contributed by atoms with Crippen molar-refractivity contribution in [3.05, 3.63) is 22.4 Å². The van der Waals surface area contributed by atoms with Crippen molar-refractivity contribution in [2.75, 3.05) is 31.9 Å². The van der Waals surface area contributed by atoms with E-state index in [0.29, 0.717) is 17.2 Å². The van der Waals surface area contributed by atoms with E-state index in [4.69, 9.17) is 4.99 Å². The van der Waals surface area contributed by atoms with Gasteiger partial charge in [-0.2, -0.15) is 0 Å². The van der Waals surface area contributed by atoms with E-state index >= 15 is 0 Å². The number of halogens is 1. The van der Waals surface area contributed by atoms with Gasteiger partial charge in [-0.15, -0.1) is 35.3 Å². The van der Waals surface area contributed by atoms with Crippen LogP contribution in [0.3, 0.4) is 0 Å². The number of nitrogens with zero attached hydrogens (tertiary/aromatic N) is 2. The van der Waals surface area contributed by atoms with E-state index in [-0.39, 0.29) is 24.0 Å². The number of hydrogen-bond acceptors (Lipinski definition) is 4. The number of nitrogens with one attached hydrogen (secondary N) is 2. The summed E-state index contributed by atoms with van der Waals surface area (Å²) in [5.74, 6) is 2.40. The summed E-state index contributed by atoms with van der Waals surface area (Å²) in [4.78, 5) is 8.97. The lowest BCUT2D eigenvalue weighted by Crippen LogP contribution is -2.47. The molecule has 1 saturated heterocycles. The minimum absolute atomic E-state index is 0. The van der Waals surface area contributed by atoms with Crippen LogP contribution < -0.4 is 10.6 Å². The van der Waals surface area contributed by atoms with Gasteiger partial charge in [0.1, 0.15) is 0 Å². The van der Waals surface area contributed by atoms with Gasteiger partial charge in [-0.25, -0.2) is 0 Å². The van der Waals surface area contributed by atoms with E-state index in [9.17, 15) is 4.21 Å². The van der Waals surface area contributed by atoms with Crippen molar-refractivity contribution in [1.29, 1.82) is 0 Å². The van der Waals surface area contributed by atoms with Crippen LogP contribution in [0.1, 0.15) is 57.2 Å². The fourth-order valence-corrected chi connectivity index (χ4v) is 6.53. The van der Waals surface area contributed by atoms with E-state index in [1.54, 1.807) is 0 Å². The molecule has 0 spiro atoms. The smallest absolute Gasteiger partial charge is 0.191 e. The molecule has 0 bridgehead atoms. The second-order valence-electron chi connectivity index (χ2n) is 8.32. The van der Waals surface area contributed by atoms with Crippen molar-refractivity contribution in [3.8, 4) is 0 Å². The Morgan fingerprint density at radius 1 is 1.27 bits per heavy atom. The summed E-state index contributed by atoms with van der Waals surface area (Å²) in [6, 6.07) is 4.78. The molecule has 2 aliphatic rings. The maximum atomic E-state index is 12.2. The van der Waals surface area contributed by atoms with Crippen molar-refractivity contribution in [2.24, 2.45) is 10.9 Å². The first-order valence-corrected chi connectivity index (χ1v) is 13.6. The predicted molar refractivity (Wildman–Crippen MR) is 142 cm³/mol. The van der Waals surface area contributed by atoms with Crippen LogP contribution in [-0.2, 0) is 17.3 Å². The number of hydrogen-bond donors (Lipinski definition) is 2. The number of thiophene rings is 1. The van der Waals surface area contributed by atoms with Crippen molar-refractivity contribution in [1.82, 2.24) is 15.5 Å². The molecule has 1 aromatic rings. The first-order chi connectivity index (χ1) is 14.2. The van der Waals surface area contributed by atoms with Crippen LogP contribution in [0.15, 0.2) is 22.5 Å². The van der Waals surface area contributed by atoms with Gasteiger partial charge in [0.05, 0.1) is 0 Å². The molecule has 8 heteroatoms. The zero-order valence-electron chi connectivity index (χ0n) is 18.5. The second-order valence-corrected chi connectivity index (χ2v) is 11.4. The lowest BCUT2D eigenvalue weighted by molar-refractivity contribution is 0.182. The zero-order valence-corrected chi connectivity index (χ0v) is 22.4. The van der Waals surface area contributed by atoms with Crippen molar-refractivity contribution >= 4 is 52.1 Å². The van der Waals surface area contributed by atoms with Crippen LogP contribution in [-0.4, -0.2) is 58.3 Å². The van der Waals surface area contributed by atoms with Gasteiger partial charge in [-0.05, 0) is 69.5 Å². The molecule has 1 saturated carbocycles. The summed E-state index contributed by atoms with van der Waals surface area (Å²) < 4.78 is 12.2. The molecule has 2 heterocycles. The van der Waals surface area contributed by atoms with Crippen LogP contribution >= 0.6 is 35.3 Å². The molecule has 1 aliphatic heterocycles. The summed E-state index contributed by atoms with van der Waals surface area (Å²) in [5.41, 5.74) is 0. The molecule has 3 rings (SSSR count). The topological polar surface area (TPSA) is 56.7 Å². The Morgan fingerprint density at radius 2 is 2.07 bits per heavy atom. The van der Waals surface area contributed by atoms with Crippen LogP contribution in [0.5, 0.6) is 0 Å². The fourth-order valence-electron chi connectivity index (χ4n) is 4.43. The third-order valence-electron chi connectivity index (χ3n) is 6.14. The molecule has 5 nitrogen and oxygen atoms in total. The minimum atomic E-state index is -0.680. The summed E-state index contributed by atoms with van der Waals surface area (Å²) in [7, 11) is -0.680. The van der Waals surface area contributed by atoms with Crippen molar-refractivity contribution in [2.45, 2.75) is 70.2 Å². The van der Waals surface area contributed by atoms with Gasteiger partial charge in [-0.3, -0.25) is 14.1 Å². The number of piperidine rings is 1. The Balaban J connectivity index is 0.00000320. The Labute approximate surface area is 206 Å². The fraction of sp³-hybridized carbons (Fsp3) is 0.773. The molecule has 3 atom stereocenters. The highest BCUT2D eigenvalue weighted by Gasteiger charge is 2.26. The molecular formula is C22H39IN4OS2. The van der Waals surface area contributed by atoms with Crippen LogP contribution in [0.4, 0.5) is 0 Å². The highest BCUT2D eigenvalue weighted by atomic mass is 127. The average Bonchev–Trinajstić information content (AvgIpc) is 3.26. The first-order valence-electron chi connectivity index (χ1n) is 11.3. The van der Waals surface area contributed by atoms with Gasteiger partial charge in [0, 0.05) is 52.4 Å². The summed E-state index contributed by atoms with van der Waals surface area (Å²) >= 11 is 1.86. The van der Waals surface area contributed by atoms with Crippen LogP contribution in [0, 0.1) is 5.92 Å². The number of guanidine groups is 1. The first kappa shape index (κ1) is 26.1. The Hall–Kier alpha value is -0.190. The molecule has 3 unspecified atom stereocenters. The maximum absolute atomic E-state index is 12.2. The molecule has 0 amide bonds. The van der Waals surface area contributed by atoms with E-state index in [0.717, 1.165) is 57.0 Å². The molecule has 0 radical (unpaired) electrons. The van der Waals surface area contributed by atoms with Gasteiger partial charge in [0.2, 0.25) is 0 Å². The molecule has 2 N–H and O–H groups in total. The maximum Gasteiger partial charge on any atom is 0.191 e. The molecule has 2 fully saturated rings. The van der Waals surface area contributed by atoms with Gasteiger partial charge in [0.15, 0.2) is 5.96 Å². The Bertz CT molecular complexity index is 648. The SMILES string of the molecule is CCNC(=NCC1CCN(Cc2cccs2)CC1)NC1CCCC(S(=O)CC)C1.I. The third-order valence-corrected chi connectivity index (χ3v) is 8.74. The summed E-state index contributed by atoms with van der Waals surface area (Å²) in [6.07, 6.45) is 6.89. The molecule has 1 aromatic heterocycles. The van der Waals surface area contributed by atoms with Crippen LogP contribution in [0.2, 0.25) is 0 Å². The number of aliphatic imine (C=N–C) groups is 1. The standard InChI is InChI=1S/C22H38N4OS2.HI/c1-3-23-22(25-19-7-5-9-21(15-19)29(27)4-2)24-16-18-10-12-26(13-11-18)17-20-8-6-14-28-20;/h6,8,14,18-19,21H,3-5,7,9-13,15-17H2,1-2H3,(H2,23,24,25);1H. The lowest BCUT2D eigenvalue weighted by atomic mass is 9.95. The number of rotatable bonds is 8. The highest BCUT2D eigenvalue weighted by molar-refractivity contribution is 14.0. The normalized spacial score (nSPS) is 24.8. The van der Waals surface area contributed by atoms with Crippen molar-refractivity contribution < 1.29 is 4.21 Å². The van der Waals surface area contributed by atoms with E-state index in [1.165, 1.54) is 30.8 Å². The average molecular weight is 567 g/mol. The molecule has 172 valence electrons. The van der Waals surface area contributed by atoms with Crippen molar-refractivity contribution in [3.63, 3.8) is 0 Å². The number of likely N-dealkylation sites (tertiary alicyclic amines) is 1. The molecular weight excluding hydrogens is 527 g/mol. The molecule has 0 aromatic carbocycles. The Morgan fingerprint density at radius 3 is 2.73 bits per heavy atom. The monoisotopic (exact) mass is 566 g/mol. The molecule has 30 heavy (non-hydrogen) atoms. The second kappa shape index (κ2) is 14.1. The van der Waals surface area contributed by atoms with Gasteiger partial charge in [-0.1, -0.05) is 19.4 Å². The Kier molecular flexibility index (Phi) is 12.2. The van der Waals surface area contributed by atoms with E-state index < -0.39 is 10.8 Å². The largest absolute Gasteiger partial charge is 0.357 e. The minimum Gasteiger partial charge on any atom is -0.357 e. The van der Waals surface area contributed by atoms with E-state index in [2.05, 4.69) is 40.0 Å². The highest BCUT2D eigenvalue weighted by Crippen LogP contribution is 2.23. The molecule has 1 aliphatic carbocycles.